The number of hydrogen-bond donors (Lipinski definition) is 2. The highest BCUT2D eigenvalue weighted by atomic mass is 16.3. The van der Waals surface area contributed by atoms with Crippen molar-refractivity contribution in [1.82, 2.24) is 5.32 Å². The second-order valence-corrected chi connectivity index (χ2v) is 5.24. The zero-order valence-corrected chi connectivity index (χ0v) is 12.3. The van der Waals surface area contributed by atoms with Crippen molar-refractivity contribution < 1.29 is 9.90 Å². The molecule has 0 fully saturated rings. The van der Waals surface area contributed by atoms with Crippen molar-refractivity contribution in [1.29, 1.82) is 0 Å². The Morgan fingerprint density at radius 3 is 2.48 bits per heavy atom. The zero-order valence-electron chi connectivity index (χ0n) is 12.3. The molecule has 0 aliphatic carbocycles. The van der Waals surface area contributed by atoms with Crippen molar-refractivity contribution in [2.24, 2.45) is 0 Å². The van der Waals surface area contributed by atoms with Crippen LogP contribution in [0.1, 0.15) is 28.7 Å². The van der Waals surface area contributed by atoms with Crippen LogP contribution >= 0.6 is 0 Å². The van der Waals surface area contributed by atoms with Gasteiger partial charge >= 0.3 is 0 Å². The SMILES string of the molecule is Cc1ccc(CCC(=O)NCc2cccc(CO)c2)cc1. The number of carbonyl (C=O) groups excluding carboxylic acids is 1. The molecule has 3 heteroatoms. The molecule has 0 radical (unpaired) electrons. The minimum Gasteiger partial charge on any atom is -0.392 e. The van der Waals surface area contributed by atoms with E-state index in [4.69, 9.17) is 5.11 Å². The van der Waals surface area contributed by atoms with Gasteiger partial charge in [0, 0.05) is 13.0 Å². The summed E-state index contributed by atoms with van der Waals surface area (Å²) in [4.78, 5) is 11.9. The number of nitrogens with one attached hydrogen (secondary N) is 1. The molecule has 2 aromatic rings. The molecule has 1 amide bonds. The summed E-state index contributed by atoms with van der Waals surface area (Å²) in [7, 11) is 0. The number of amides is 1. The number of hydrogen-bond acceptors (Lipinski definition) is 2. The normalized spacial score (nSPS) is 10.4. The maximum atomic E-state index is 11.9. The van der Waals surface area contributed by atoms with E-state index < -0.39 is 0 Å². The van der Waals surface area contributed by atoms with E-state index in [-0.39, 0.29) is 12.5 Å². The highest BCUT2D eigenvalue weighted by Gasteiger charge is 2.03. The van der Waals surface area contributed by atoms with Crippen molar-refractivity contribution in [3.63, 3.8) is 0 Å². The Bertz CT molecular complexity index is 590. The lowest BCUT2D eigenvalue weighted by Gasteiger charge is -2.07. The Morgan fingerprint density at radius 2 is 1.76 bits per heavy atom. The van der Waals surface area contributed by atoms with Crippen LogP contribution in [0.15, 0.2) is 48.5 Å². The lowest BCUT2D eigenvalue weighted by Crippen LogP contribution is -2.23. The van der Waals surface area contributed by atoms with Gasteiger partial charge in [-0.2, -0.15) is 0 Å². The summed E-state index contributed by atoms with van der Waals surface area (Å²) in [5.74, 6) is 0.0463. The molecule has 2 aromatic carbocycles. The highest BCUT2D eigenvalue weighted by molar-refractivity contribution is 5.76. The van der Waals surface area contributed by atoms with Gasteiger partial charge in [-0.1, -0.05) is 54.1 Å². The van der Waals surface area contributed by atoms with E-state index in [2.05, 4.69) is 36.5 Å². The van der Waals surface area contributed by atoms with Gasteiger partial charge in [-0.3, -0.25) is 4.79 Å². The van der Waals surface area contributed by atoms with Gasteiger partial charge in [0.25, 0.3) is 0 Å². The molecule has 21 heavy (non-hydrogen) atoms. The lowest BCUT2D eigenvalue weighted by molar-refractivity contribution is -0.121. The van der Waals surface area contributed by atoms with Gasteiger partial charge < -0.3 is 10.4 Å². The molecule has 0 aliphatic rings. The molecule has 0 unspecified atom stereocenters. The maximum absolute atomic E-state index is 11.9. The van der Waals surface area contributed by atoms with Crippen LogP contribution in [0, 0.1) is 6.92 Å². The Kier molecular flexibility index (Phi) is 5.52. The van der Waals surface area contributed by atoms with E-state index in [1.807, 2.05) is 24.3 Å². The van der Waals surface area contributed by atoms with Crippen LogP contribution in [0.25, 0.3) is 0 Å². The van der Waals surface area contributed by atoms with Gasteiger partial charge in [0.05, 0.1) is 6.61 Å². The smallest absolute Gasteiger partial charge is 0.220 e. The zero-order chi connectivity index (χ0) is 15.1. The molecule has 0 saturated heterocycles. The first-order chi connectivity index (χ1) is 10.2. The van der Waals surface area contributed by atoms with Crippen LogP contribution in [0.2, 0.25) is 0 Å². The van der Waals surface area contributed by atoms with E-state index >= 15 is 0 Å². The minimum atomic E-state index is 0.0230. The second kappa shape index (κ2) is 7.60. The average Bonchev–Trinajstić information content (AvgIpc) is 2.52. The molecule has 0 atom stereocenters. The molecule has 0 aromatic heterocycles. The first kappa shape index (κ1) is 15.3. The third-order valence-corrected chi connectivity index (χ3v) is 3.42. The summed E-state index contributed by atoms with van der Waals surface area (Å²) in [5, 5.41) is 12.0. The maximum Gasteiger partial charge on any atom is 0.220 e. The van der Waals surface area contributed by atoms with Crippen LogP contribution in [0.5, 0.6) is 0 Å². The molecule has 0 bridgehead atoms. The topological polar surface area (TPSA) is 49.3 Å². The first-order valence-electron chi connectivity index (χ1n) is 7.18. The number of aryl methyl sites for hydroxylation is 2. The molecular weight excluding hydrogens is 262 g/mol. The van der Waals surface area contributed by atoms with E-state index in [1.54, 1.807) is 0 Å². The van der Waals surface area contributed by atoms with E-state index in [0.717, 1.165) is 17.5 Å². The van der Waals surface area contributed by atoms with Gasteiger partial charge in [0.1, 0.15) is 0 Å². The summed E-state index contributed by atoms with van der Waals surface area (Å²) in [6.45, 7) is 2.58. The van der Waals surface area contributed by atoms with Gasteiger partial charge in [0.15, 0.2) is 0 Å². The fraction of sp³-hybridized carbons (Fsp3) is 0.278. The Balaban J connectivity index is 1.78. The molecule has 110 valence electrons. The van der Waals surface area contributed by atoms with Crippen molar-refractivity contribution in [3.05, 3.63) is 70.8 Å². The van der Waals surface area contributed by atoms with E-state index in [0.29, 0.717) is 13.0 Å². The largest absolute Gasteiger partial charge is 0.392 e. The van der Waals surface area contributed by atoms with Crippen LogP contribution in [0.4, 0.5) is 0 Å². The summed E-state index contributed by atoms with van der Waals surface area (Å²) in [5.41, 5.74) is 4.27. The number of rotatable bonds is 6. The van der Waals surface area contributed by atoms with Crippen molar-refractivity contribution in [2.45, 2.75) is 32.9 Å². The van der Waals surface area contributed by atoms with Crippen LogP contribution in [0.3, 0.4) is 0 Å². The number of carbonyl (C=O) groups is 1. The van der Waals surface area contributed by atoms with Crippen LogP contribution in [-0.4, -0.2) is 11.0 Å². The molecule has 2 N–H and O–H groups in total. The third-order valence-electron chi connectivity index (χ3n) is 3.42. The fourth-order valence-corrected chi connectivity index (χ4v) is 2.14. The van der Waals surface area contributed by atoms with Gasteiger partial charge in [-0.15, -0.1) is 0 Å². The quantitative estimate of drug-likeness (QED) is 0.856. The van der Waals surface area contributed by atoms with Crippen molar-refractivity contribution in [3.8, 4) is 0 Å². The van der Waals surface area contributed by atoms with E-state index in [1.165, 1.54) is 11.1 Å². The fourth-order valence-electron chi connectivity index (χ4n) is 2.14. The van der Waals surface area contributed by atoms with Gasteiger partial charge in [0.2, 0.25) is 5.91 Å². The summed E-state index contributed by atoms with van der Waals surface area (Å²) in [6, 6.07) is 15.9. The average molecular weight is 283 g/mol. The summed E-state index contributed by atoms with van der Waals surface area (Å²) in [6.07, 6.45) is 1.24. The highest BCUT2D eigenvalue weighted by Crippen LogP contribution is 2.07. The number of aliphatic hydroxyl groups is 1. The third kappa shape index (κ3) is 5.04. The Morgan fingerprint density at radius 1 is 1.05 bits per heavy atom. The molecule has 0 aliphatic heterocycles. The molecule has 2 rings (SSSR count). The van der Waals surface area contributed by atoms with Crippen molar-refractivity contribution in [2.75, 3.05) is 0 Å². The Hall–Kier alpha value is -2.13. The number of benzene rings is 2. The van der Waals surface area contributed by atoms with Crippen LogP contribution < -0.4 is 5.32 Å². The van der Waals surface area contributed by atoms with Gasteiger partial charge in [-0.25, -0.2) is 0 Å². The standard InChI is InChI=1S/C18H21NO2/c1-14-5-7-15(8-6-14)9-10-18(21)19-12-16-3-2-4-17(11-16)13-20/h2-8,11,20H,9-10,12-13H2,1H3,(H,19,21). The molecule has 3 nitrogen and oxygen atoms in total. The number of aliphatic hydroxyl groups excluding tert-OH is 1. The minimum absolute atomic E-state index is 0.0230. The summed E-state index contributed by atoms with van der Waals surface area (Å²) < 4.78 is 0. The first-order valence-corrected chi connectivity index (χ1v) is 7.18. The summed E-state index contributed by atoms with van der Waals surface area (Å²) >= 11 is 0. The predicted octanol–water partition coefficient (Wildman–Crippen LogP) is 2.74. The predicted molar refractivity (Wildman–Crippen MR) is 83.7 cm³/mol. The Labute approximate surface area is 125 Å². The lowest BCUT2D eigenvalue weighted by atomic mass is 10.1. The van der Waals surface area contributed by atoms with Crippen LogP contribution in [-0.2, 0) is 24.4 Å². The molecule has 0 heterocycles. The monoisotopic (exact) mass is 283 g/mol. The van der Waals surface area contributed by atoms with Gasteiger partial charge in [-0.05, 0) is 30.0 Å². The molecular formula is C18H21NO2. The second-order valence-electron chi connectivity index (χ2n) is 5.24. The van der Waals surface area contributed by atoms with Crippen molar-refractivity contribution >= 4 is 5.91 Å². The van der Waals surface area contributed by atoms with E-state index in [9.17, 15) is 4.79 Å². The molecule has 0 saturated carbocycles. The molecule has 0 spiro atoms.